The van der Waals surface area contributed by atoms with E-state index in [0.717, 1.165) is 5.75 Å². The van der Waals surface area contributed by atoms with E-state index in [0.29, 0.717) is 29.4 Å². The predicted octanol–water partition coefficient (Wildman–Crippen LogP) is 3.95. The molecule has 2 aromatic rings. The highest BCUT2D eigenvalue weighted by Gasteiger charge is 2.48. The number of carbonyl (C=O) groups is 2. The maximum atomic E-state index is 12.3. The normalized spacial score (nSPS) is 18.3. The van der Waals surface area contributed by atoms with Gasteiger partial charge in [-0.25, -0.2) is 0 Å². The summed E-state index contributed by atoms with van der Waals surface area (Å²) in [6.45, 7) is 2.51. The Bertz CT molecular complexity index is 776. The topological polar surface area (TPSA) is 67.4 Å². The molecule has 1 aliphatic rings. The lowest BCUT2D eigenvalue weighted by atomic mass is 10.2. The van der Waals surface area contributed by atoms with Gasteiger partial charge in [0.25, 0.3) is 0 Å². The second-order valence-corrected chi connectivity index (χ2v) is 6.33. The lowest BCUT2D eigenvalue weighted by Crippen LogP contribution is -2.20. The van der Waals surface area contributed by atoms with Gasteiger partial charge in [0.05, 0.1) is 18.4 Å². The van der Waals surface area contributed by atoms with Gasteiger partial charge in [0.2, 0.25) is 11.8 Å². The zero-order chi connectivity index (χ0) is 17.8. The van der Waals surface area contributed by atoms with Crippen LogP contribution in [0.5, 0.6) is 5.75 Å². The second kappa shape index (κ2) is 7.57. The number of amides is 2. The van der Waals surface area contributed by atoms with E-state index in [1.54, 1.807) is 48.5 Å². The molecule has 2 unspecified atom stereocenters. The molecule has 0 heterocycles. The zero-order valence-electron chi connectivity index (χ0n) is 13.8. The van der Waals surface area contributed by atoms with Crippen molar-refractivity contribution in [1.29, 1.82) is 0 Å². The van der Waals surface area contributed by atoms with Gasteiger partial charge in [-0.15, -0.1) is 0 Å². The number of carbonyl (C=O) groups excluding carboxylic acids is 2. The summed E-state index contributed by atoms with van der Waals surface area (Å²) in [5, 5.41) is 6.18. The molecule has 0 saturated heterocycles. The van der Waals surface area contributed by atoms with Crippen LogP contribution in [0.15, 0.2) is 48.5 Å². The van der Waals surface area contributed by atoms with Crippen molar-refractivity contribution < 1.29 is 14.3 Å². The quantitative estimate of drug-likeness (QED) is 0.821. The Morgan fingerprint density at radius 1 is 1.04 bits per heavy atom. The van der Waals surface area contributed by atoms with Crippen molar-refractivity contribution >= 4 is 34.8 Å². The third kappa shape index (κ3) is 4.51. The van der Waals surface area contributed by atoms with E-state index in [1.807, 2.05) is 6.92 Å². The number of benzene rings is 2. The van der Waals surface area contributed by atoms with Crippen molar-refractivity contribution in [1.82, 2.24) is 0 Å². The lowest BCUT2D eigenvalue weighted by Gasteiger charge is -2.07. The maximum absolute atomic E-state index is 12.3. The summed E-state index contributed by atoms with van der Waals surface area (Å²) in [5.74, 6) is -0.150. The van der Waals surface area contributed by atoms with Crippen molar-refractivity contribution in [3.8, 4) is 5.75 Å². The van der Waals surface area contributed by atoms with E-state index < -0.39 is 0 Å². The van der Waals surface area contributed by atoms with Crippen LogP contribution >= 0.6 is 11.6 Å². The van der Waals surface area contributed by atoms with E-state index in [-0.39, 0.29) is 23.7 Å². The van der Waals surface area contributed by atoms with Crippen LogP contribution in [0.25, 0.3) is 0 Å². The molecule has 0 radical (unpaired) electrons. The highest BCUT2D eigenvalue weighted by Crippen LogP contribution is 2.40. The first-order valence-corrected chi connectivity index (χ1v) is 8.55. The van der Waals surface area contributed by atoms with Crippen molar-refractivity contribution in [3.63, 3.8) is 0 Å². The number of anilines is 2. The van der Waals surface area contributed by atoms with Gasteiger partial charge >= 0.3 is 0 Å². The van der Waals surface area contributed by atoms with Crippen LogP contribution in [-0.4, -0.2) is 18.4 Å². The van der Waals surface area contributed by atoms with Crippen LogP contribution in [0, 0.1) is 11.8 Å². The molecule has 5 nitrogen and oxygen atoms in total. The Labute approximate surface area is 151 Å². The van der Waals surface area contributed by atoms with E-state index in [9.17, 15) is 9.59 Å². The van der Waals surface area contributed by atoms with Crippen molar-refractivity contribution in [2.75, 3.05) is 17.2 Å². The first-order valence-electron chi connectivity index (χ1n) is 8.17. The van der Waals surface area contributed by atoms with Crippen molar-refractivity contribution in [2.45, 2.75) is 13.3 Å². The van der Waals surface area contributed by atoms with Crippen molar-refractivity contribution in [3.05, 3.63) is 53.6 Å². The van der Waals surface area contributed by atoms with E-state index >= 15 is 0 Å². The van der Waals surface area contributed by atoms with E-state index in [1.165, 1.54) is 0 Å². The van der Waals surface area contributed by atoms with Gasteiger partial charge in [-0.05, 0) is 55.8 Å². The number of nitrogens with one attached hydrogen (secondary N) is 2. The molecule has 1 aliphatic carbocycles. The zero-order valence-corrected chi connectivity index (χ0v) is 14.5. The molecule has 0 aliphatic heterocycles. The summed E-state index contributed by atoms with van der Waals surface area (Å²) >= 11 is 5.90. The molecular weight excluding hydrogens is 340 g/mol. The van der Waals surface area contributed by atoms with Gasteiger partial charge < -0.3 is 15.4 Å². The predicted molar refractivity (Wildman–Crippen MR) is 97.9 cm³/mol. The molecule has 0 aromatic heterocycles. The Kier molecular flexibility index (Phi) is 5.24. The fourth-order valence-electron chi connectivity index (χ4n) is 2.61. The van der Waals surface area contributed by atoms with Gasteiger partial charge in [0.1, 0.15) is 5.75 Å². The van der Waals surface area contributed by atoms with Gasteiger partial charge in [0.15, 0.2) is 0 Å². The minimum Gasteiger partial charge on any atom is -0.494 e. The Morgan fingerprint density at radius 2 is 1.68 bits per heavy atom. The van der Waals surface area contributed by atoms with Crippen LogP contribution in [0.4, 0.5) is 11.4 Å². The van der Waals surface area contributed by atoms with E-state index in [2.05, 4.69) is 10.6 Å². The van der Waals surface area contributed by atoms with Crippen LogP contribution in [0.2, 0.25) is 5.02 Å². The lowest BCUT2D eigenvalue weighted by molar-refractivity contribution is -0.122. The highest BCUT2D eigenvalue weighted by atomic mass is 35.5. The van der Waals surface area contributed by atoms with Gasteiger partial charge in [-0.1, -0.05) is 17.7 Å². The fraction of sp³-hybridized carbons (Fsp3) is 0.263. The van der Waals surface area contributed by atoms with Crippen LogP contribution in [0.3, 0.4) is 0 Å². The summed E-state index contributed by atoms with van der Waals surface area (Å²) in [4.78, 5) is 24.5. The largest absolute Gasteiger partial charge is 0.494 e. The molecular formula is C19H19ClN2O3. The average Bonchev–Trinajstić information content (AvgIpc) is 3.38. The molecule has 0 bridgehead atoms. The number of ether oxygens (including phenoxy) is 1. The second-order valence-electron chi connectivity index (χ2n) is 5.89. The Balaban J connectivity index is 1.52. The molecule has 130 valence electrons. The van der Waals surface area contributed by atoms with Crippen LogP contribution in [0.1, 0.15) is 13.3 Å². The molecule has 0 spiro atoms. The molecule has 3 rings (SSSR count). The maximum Gasteiger partial charge on any atom is 0.228 e. The van der Waals surface area contributed by atoms with Gasteiger partial charge in [-0.2, -0.15) is 0 Å². The summed E-state index contributed by atoms with van der Waals surface area (Å²) in [6, 6.07) is 14.1. The SMILES string of the molecule is CCOc1ccc(NC(=O)C2CC2C(=O)Nc2cccc(Cl)c2)cc1. The third-order valence-corrected chi connectivity index (χ3v) is 4.22. The van der Waals surface area contributed by atoms with Crippen LogP contribution < -0.4 is 15.4 Å². The fourth-order valence-corrected chi connectivity index (χ4v) is 2.80. The minimum atomic E-state index is -0.304. The summed E-state index contributed by atoms with van der Waals surface area (Å²) in [6.07, 6.45) is 0.551. The number of rotatable bonds is 6. The number of hydrogen-bond acceptors (Lipinski definition) is 3. The first-order chi connectivity index (χ1) is 12.1. The molecule has 2 aromatic carbocycles. The van der Waals surface area contributed by atoms with Gasteiger partial charge in [0, 0.05) is 16.4 Å². The summed E-state index contributed by atoms with van der Waals surface area (Å²) in [7, 11) is 0. The molecule has 6 heteroatoms. The Morgan fingerprint density at radius 3 is 2.28 bits per heavy atom. The first kappa shape index (κ1) is 17.3. The summed E-state index contributed by atoms with van der Waals surface area (Å²) in [5.41, 5.74) is 1.32. The molecule has 1 fully saturated rings. The van der Waals surface area contributed by atoms with Crippen molar-refractivity contribution in [2.24, 2.45) is 11.8 Å². The number of hydrogen-bond donors (Lipinski definition) is 2. The van der Waals surface area contributed by atoms with Gasteiger partial charge in [-0.3, -0.25) is 9.59 Å². The summed E-state index contributed by atoms with van der Waals surface area (Å²) < 4.78 is 5.36. The van der Waals surface area contributed by atoms with Crippen LogP contribution in [-0.2, 0) is 9.59 Å². The molecule has 2 atom stereocenters. The highest BCUT2D eigenvalue weighted by molar-refractivity contribution is 6.30. The molecule has 2 N–H and O–H groups in total. The third-order valence-electron chi connectivity index (χ3n) is 3.99. The average molecular weight is 359 g/mol. The molecule has 2 amide bonds. The minimum absolute atomic E-state index is 0.143. The standard InChI is InChI=1S/C19H19ClN2O3/c1-2-25-15-8-6-13(7-9-15)21-18(23)16-11-17(16)19(24)22-14-5-3-4-12(20)10-14/h3-10,16-17H,2,11H2,1H3,(H,21,23)(H,22,24). The Hall–Kier alpha value is -2.53. The smallest absolute Gasteiger partial charge is 0.228 e. The number of halogens is 1. The monoisotopic (exact) mass is 358 g/mol. The molecule has 1 saturated carbocycles. The van der Waals surface area contributed by atoms with E-state index in [4.69, 9.17) is 16.3 Å². The molecule has 25 heavy (non-hydrogen) atoms.